The molecule has 1 fully saturated rings. The molecular weight excluding hydrogens is 300 g/mol. The maximum atomic E-state index is 12.1. The van der Waals surface area contributed by atoms with Gasteiger partial charge in [-0.2, -0.15) is 4.37 Å². The number of amides is 1. The second-order valence-corrected chi connectivity index (χ2v) is 7.66. The molecule has 0 saturated carbocycles. The Bertz CT molecular complexity index is 611. The number of rotatable bonds is 3. The van der Waals surface area contributed by atoms with Crippen LogP contribution in [0.3, 0.4) is 0 Å². The summed E-state index contributed by atoms with van der Waals surface area (Å²) in [6.07, 6.45) is 0.783. The molecule has 1 aromatic heterocycles. The van der Waals surface area contributed by atoms with Crippen LogP contribution in [0.2, 0.25) is 0 Å². The lowest BCUT2D eigenvalue weighted by atomic mass is 10.4. The van der Waals surface area contributed by atoms with E-state index in [1.807, 2.05) is 0 Å². The van der Waals surface area contributed by atoms with Crippen molar-refractivity contribution in [1.82, 2.24) is 9.27 Å². The summed E-state index contributed by atoms with van der Waals surface area (Å²) in [6.45, 7) is 3.01. The molecule has 0 radical (unpaired) electrons. The lowest BCUT2D eigenvalue weighted by molar-refractivity contribution is -0.127. The number of sulfone groups is 1. The highest BCUT2D eigenvalue weighted by atomic mass is 32.2. The molecule has 2 heterocycles. The first-order valence-electron chi connectivity index (χ1n) is 6.33. The summed E-state index contributed by atoms with van der Waals surface area (Å²) < 4.78 is 28.2. The fraction of sp³-hybridized carbons (Fsp3) is 0.636. The van der Waals surface area contributed by atoms with E-state index < -0.39 is 9.84 Å². The Labute approximate surface area is 122 Å². The van der Waals surface area contributed by atoms with Crippen molar-refractivity contribution in [1.29, 1.82) is 0 Å². The summed E-state index contributed by atoms with van der Waals surface area (Å²) in [6, 6.07) is 0. The number of carbonyl (C=O) groups is 1. The standard InChI is InChI=1S/C11H18N4O3S2/c1-3-20(17,18)9-10(12)13-19-11(9)15-6-4-5-14(2)8(16)7-15/h3-7H2,1-2H3,(H2,12,13). The second-order valence-electron chi connectivity index (χ2n) is 4.70. The van der Waals surface area contributed by atoms with Gasteiger partial charge in [-0.1, -0.05) is 6.92 Å². The molecule has 2 N–H and O–H groups in total. The third-order valence-electron chi connectivity index (χ3n) is 3.31. The van der Waals surface area contributed by atoms with Gasteiger partial charge in [-0.15, -0.1) is 0 Å². The van der Waals surface area contributed by atoms with Gasteiger partial charge in [0.2, 0.25) is 5.91 Å². The van der Waals surface area contributed by atoms with Crippen LogP contribution >= 0.6 is 11.5 Å². The number of nitrogen functional groups attached to an aromatic ring is 1. The Morgan fingerprint density at radius 1 is 1.40 bits per heavy atom. The average Bonchev–Trinajstić information content (AvgIpc) is 2.71. The monoisotopic (exact) mass is 318 g/mol. The molecule has 1 aromatic rings. The van der Waals surface area contributed by atoms with E-state index in [0.29, 0.717) is 18.1 Å². The van der Waals surface area contributed by atoms with Crippen molar-refractivity contribution in [3.05, 3.63) is 0 Å². The predicted octanol–water partition coefficient (Wildman–Crippen LogP) is 0.187. The van der Waals surface area contributed by atoms with Gasteiger partial charge in [-0.3, -0.25) is 4.79 Å². The number of nitrogens with zero attached hydrogens (tertiary/aromatic N) is 3. The van der Waals surface area contributed by atoms with Crippen LogP contribution in [0.5, 0.6) is 0 Å². The van der Waals surface area contributed by atoms with E-state index in [2.05, 4.69) is 4.37 Å². The van der Waals surface area contributed by atoms with Gasteiger partial charge in [0.25, 0.3) is 0 Å². The Morgan fingerprint density at radius 3 is 2.75 bits per heavy atom. The highest BCUT2D eigenvalue weighted by Gasteiger charge is 2.29. The van der Waals surface area contributed by atoms with E-state index in [4.69, 9.17) is 5.73 Å². The Kier molecular flexibility index (Phi) is 4.19. The van der Waals surface area contributed by atoms with E-state index in [1.54, 1.807) is 23.8 Å². The summed E-state index contributed by atoms with van der Waals surface area (Å²) >= 11 is 1.04. The number of hydrogen-bond donors (Lipinski definition) is 1. The molecule has 0 unspecified atom stereocenters. The maximum Gasteiger partial charge on any atom is 0.241 e. The van der Waals surface area contributed by atoms with Crippen molar-refractivity contribution in [2.45, 2.75) is 18.2 Å². The molecule has 112 valence electrons. The summed E-state index contributed by atoms with van der Waals surface area (Å²) in [4.78, 5) is 15.4. The Morgan fingerprint density at radius 2 is 2.10 bits per heavy atom. The highest BCUT2D eigenvalue weighted by Crippen LogP contribution is 2.35. The van der Waals surface area contributed by atoms with E-state index in [0.717, 1.165) is 18.0 Å². The van der Waals surface area contributed by atoms with Gasteiger partial charge in [0.05, 0.1) is 12.3 Å². The molecule has 1 aliphatic heterocycles. The van der Waals surface area contributed by atoms with Crippen molar-refractivity contribution < 1.29 is 13.2 Å². The normalized spacial score (nSPS) is 17.4. The Hall–Kier alpha value is -1.35. The van der Waals surface area contributed by atoms with Gasteiger partial charge >= 0.3 is 0 Å². The van der Waals surface area contributed by atoms with E-state index in [-0.39, 0.29) is 28.9 Å². The molecule has 0 aromatic carbocycles. The molecule has 1 aliphatic rings. The second kappa shape index (κ2) is 5.57. The first-order valence-corrected chi connectivity index (χ1v) is 8.76. The number of anilines is 2. The van der Waals surface area contributed by atoms with E-state index >= 15 is 0 Å². The molecule has 0 aliphatic carbocycles. The minimum absolute atomic E-state index is 0.0249. The molecule has 20 heavy (non-hydrogen) atoms. The fourth-order valence-corrected chi connectivity index (χ4v) is 4.42. The van der Waals surface area contributed by atoms with Crippen LogP contribution in [0.1, 0.15) is 13.3 Å². The lowest BCUT2D eigenvalue weighted by Crippen LogP contribution is -2.34. The van der Waals surface area contributed by atoms with Crippen LogP contribution in [0, 0.1) is 0 Å². The topological polar surface area (TPSA) is 96.6 Å². The smallest absolute Gasteiger partial charge is 0.241 e. The highest BCUT2D eigenvalue weighted by molar-refractivity contribution is 7.91. The van der Waals surface area contributed by atoms with Crippen molar-refractivity contribution in [3.8, 4) is 0 Å². The van der Waals surface area contributed by atoms with Crippen LogP contribution in [0.4, 0.5) is 10.8 Å². The quantitative estimate of drug-likeness (QED) is 0.854. The van der Waals surface area contributed by atoms with E-state index in [1.165, 1.54) is 0 Å². The van der Waals surface area contributed by atoms with Crippen LogP contribution < -0.4 is 10.6 Å². The molecule has 0 spiro atoms. The number of carbonyl (C=O) groups excluding carboxylic acids is 1. The molecule has 0 atom stereocenters. The van der Waals surface area contributed by atoms with E-state index in [9.17, 15) is 13.2 Å². The van der Waals surface area contributed by atoms with Gasteiger partial charge in [-0.25, -0.2) is 8.42 Å². The molecule has 9 heteroatoms. The van der Waals surface area contributed by atoms with Crippen molar-refractivity contribution in [2.75, 3.05) is 43.1 Å². The molecule has 7 nitrogen and oxygen atoms in total. The van der Waals surface area contributed by atoms with Gasteiger partial charge in [0.1, 0.15) is 9.90 Å². The predicted molar refractivity (Wildman–Crippen MR) is 78.7 cm³/mol. The number of likely N-dealkylation sites (N-methyl/N-ethyl adjacent to an activating group) is 1. The number of aromatic nitrogens is 1. The first-order chi connectivity index (χ1) is 9.36. The van der Waals surface area contributed by atoms with Gasteiger partial charge < -0.3 is 15.5 Å². The zero-order valence-corrected chi connectivity index (χ0v) is 13.1. The SMILES string of the molecule is CCS(=O)(=O)c1c(N)nsc1N1CCCN(C)C(=O)C1. The maximum absolute atomic E-state index is 12.1. The molecule has 1 saturated heterocycles. The zero-order chi connectivity index (χ0) is 14.9. The summed E-state index contributed by atoms with van der Waals surface area (Å²) in [5, 5.41) is 0.480. The van der Waals surface area contributed by atoms with Crippen molar-refractivity contribution in [2.24, 2.45) is 0 Å². The first kappa shape index (κ1) is 15.0. The number of hydrogen-bond acceptors (Lipinski definition) is 7. The van der Waals surface area contributed by atoms with Gasteiger partial charge in [0, 0.05) is 20.1 Å². The Balaban J connectivity index is 2.41. The third-order valence-corrected chi connectivity index (χ3v) is 6.15. The van der Waals surface area contributed by atoms with Crippen LogP contribution in [-0.2, 0) is 14.6 Å². The zero-order valence-electron chi connectivity index (χ0n) is 11.5. The third kappa shape index (κ3) is 2.73. The number of nitrogens with two attached hydrogens (primary N) is 1. The van der Waals surface area contributed by atoms with Crippen LogP contribution in [-0.4, -0.2) is 56.0 Å². The van der Waals surface area contributed by atoms with Crippen molar-refractivity contribution in [3.63, 3.8) is 0 Å². The molecule has 2 rings (SSSR count). The molecular formula is C11H18N4O3S2. The summed E-state index contributed by atoms with van der Waals surface area (Å²) in [7, 11) is -1.71. The minimum atomic E-state index is -3.45. The fourth-order valence-electron chi connectivity index (χ4n) is 2.08. The van der Waals surface area contributed by atoms with Crippen LogP contribution in [0.25, 0.3) is 0 Å². The lowest BCUT2D eigenvalue weighted by Gasteiger charge is -2.20. The average molecular weight is 318 g/mol. The summed E-state index contributed by atoms with van der Waals surface area (Å²) in [5.74, 6) is -0.0455. The largest absolute Gasteiger partial charge is 0.382 e. The molecule has 0 bridgehead atoms. The minimum Gasteiger partial charge on any atom is -0.382 e. The van der Waals surface area contributed by atoms with Crippen LogP contribution in [0.15, 0.2) is 4.90 Å². The van der Waals surface area contributed by atoms with Crippen molar-refractivity contribution >= 4 is 38.1 Å². The van der Waals surface area contributed by atoms with Gasteiger partial charge in [-0.05, 0) is 18.0 Å². The molecule has 1 amide bonds. The van der Waals surface area contributed by atoms with Gasteiger partial charge in [0.15, 0.2) is 15.7 Å². The summed E-state index contributed by atoms with van der Waals surface area (Å²) in [5.41, 5.74) is 5.71.